The highest BCUT2D eigenvalue weighted by atomic mass is 35.5. The van der Waals surface area contributed by atoms with Gasteiger partial charge in [-0.2, -0.15) is 0 Å². The van der Waals surface area contributed by atoms with Gasteiger partial charge in [0, 0.05) is 5.02 Å². The molecule has 0 N–H and O–H groups in total. The molecule has 3 heteroatoms. The average Bonchev–Trinajstić information content (AvgIpc) is 2.97. The van der Waals surface area contributed by atoms with E-state index in [0.29, 0.717) is 5.02 Å². The Kier molecular flexibility index (Phi) is 2.23. The number of benzene rings is 1. The summed E-state index contributed by atoms with van der Waals surface area (Å²) in [5.41, 5.74) is 0.566. The number of carbonyl (C=O) groups is 1. The topological polar surface area (TPSA) is 26.3 Å². The van der Waals surface area contributed by atoms with Crippen LogP contribution in [0.2, 0.25) is 5.02 Å². The van der Waals surface area contributed by atoms with Crippen LogP contribution in [-0.4, -0.2) is 13.1 Å². The summed E-state index contributed by atoms with van der Waals surface area (Å²) in [4.78, 5) is 11.5. The molecule has 0 aromatic heterocycles. The molecule has 1 fully saturated rings. The molecule has 1 aliphatic carbocycles. The fourth-order valence-electron chi connectivity index (χ4n) is 1.72. The van der Waals surface area contributed by atoms with Crippen LogP contribution in [0.25, 0.3) is 0 Å². The number of hydrogen-bond acceptors (Lipinski definition) is 2. The zero-order valence-electron chi connectivity index (χ0n) is 7.92. The van der Waals surface area contributed by atoms with E-state index in [9.17, 15) is 4.79 Å². The molecule has 0 amide bonds. The second kappa shape index (κ2) is 3.28. The number of carbonyl (C=O) groups excluding carboxylic acids is 1. The van der Waals surface area contributed by atoms with Crippen molar-refractivity contribution < 1.29 is 9.53 Å². The van der Waals surface area contributed by atoms with Crippen molar-refractivity contribution in [1.29, 1.82) is 0 Å². The smallest absolute Gasteiger partial charge is 0.316 e. The molecule has 2 rings (SSSR count). The molecular weight excluding hydrogens is 200 g/mol. The van der Waals surface area contributed by atoms with Gasteiger partial charge in [0.2, 0.25) is 0 Å². The van der Waals surface area contributed by atoms with Gasteiger partial charge in [0.05, 0.1) is 12.5 Å². The van der Waals surface area contributed by atoms with Crippen LogP contribution in [0, 0.1) is 0 Å². The molecule has 1 aromatic rings. The summed E-state index contributed by atoms with van der Waals surface area (Å²) in [6.07, 6.45) is 1.72. The number of rotatable bonds is 2. The second-order valence-electron chi connectivity index (χ2n) is 3.58. The Bertz CT molecular complexity index is 369. The Morgan fingerprint density at radius 3 is 2.71 bits per heavy atom. The lowest BCUT2D eigenvalue weighted by molar-refractivity contribution is -0.143. The van der Waals surface area contributed by atoms with Crippen LogP contribution in [0.5, 0.6) is 0 Å². The molecule has 0 saturated heterocycles. The van der Waals surface area contributed by atoms with Gasteiger partial charge in [0.15, 0.2) is 0 Å². The summed E-state index contributed by atoms with van der Waals surface area (Å²) < 4.78 is 4.79. The highest BCUT2D eigenvalue weighted by Crippen LogP contribution is 2.49. The Hall–Kier alpha value is -1.02. The molecule has 0 atom stereocenters. The quantitative estimate of drug-likeness (QED) is 0.702. The molecule has 0 unspecified atom stereocenters. The fourth-order valence-corrected chi connectivity index (χ4v) is 1.91. The maximum absolute atomic E-state index is 11.5. The number of esters is 1. The monoisotopic (exact) mass is 210 g/mol. The molecule has 0 spiro atoms. The van der Waals surface area contributed by atoms with Crippen molar-refractivity contribution in [1.82, 2.24) is 0 Å². The molecule has 2 nitrogen and oxygen atoms in total. The molecule has 14 heavy (non-hydrogen) atoms. The summed E-state index contributed by atoms with van der Waals surface area (Å²) >= 11 is 5.87. The van der Waals surface area contributed by atoms with Gasteiger partial charge in [0.1, 0.15) is 0 Å². The van der Waals surface area contributed by atoms with Crippen molar-refractivity contribution in [2.75, 3.05) is 7.11 Å². The molecule has 0 aliphatic heterocycles. The lowest BCUT2D eigenvalue weighted by atomic mass is 9.96. The molecule has 0 bridgehead atoms. The summed E-state index contributed by atoms with van der Waals surface area (Å²) in [6.45, 7) is 0. The van der Waals surface area contributed by atoms with Crippen molar-refractivity contribution in [3.63, 3.8) is 0 Å². The van der Waals surface area contributed by atoms with E-state index in [2.05, 4.69) is 0 Å². The molecule has 1 saturated carbocycles. The highest BCUT2D eigenvalue weighted by Gasteiger charge is 2.52. The van der Waals surface area contributed by atoms with E-state index in [1.54, 1.807) is 6.07 Å². The lowest BCUT2D eigenvalue weighted by Crippen LogP contribution is -2.21. The number of hydrogen-bond donors (Lipinski definition) is 0. The third kappa shape index (κ3) is 1.40. The number of ether oxygens (including phenoxy) is 1. The summed E-state index contributed by atoms with van der Waals surface area (Å²) in [6, 6.07) is 7.43. The van der Waals surface area contributed by atoms with Crippen LogP contribution in [-0.2, 0) is 14.9 Å². The van der Waals surface area contributed by atoms with Crippen LogP contribution >= 0.6 is 11.6 Å². The van der Waals surface area contributed by atoms with Crippen LogP contribution < -0.4 is 0 Å². The van der Waals surface area contributed by atoms with E-state index >= 15 is 0 Å². The van der Waals surface area contributed by atoms with Gasteiger partial charge in [-0.3, -0.25) is 4.79 Å². The molecule has 74 valence electrons. The van der Waals surface area contributed by atoms with E-state index in [-0.39, 0.29) is 5.97 Å². The highest BCUT2D eigenvalue weighted by molar-refractivity contribution is 6.30. The third-order valence-corrected chi connectivity index (χ3v) is 2.94. The molecule has 0 radical (unpaired) electrons. The summed E-state index contributed by atoms with van der Waals surface area (Å²) in [5.74, 6) is -0.153. The Morgan fingerprint density at radius 2 is 2.21 bits per heavy atom. The Balaban J connectivity index is 2.35. The van der Waals surface area contributed by atoms with Gasteiger partial charge in [-0.25, -0.2) is 0 Å². The van der Waals surface area contributed by atoms with Gasteiger partial charge < -0.3 is 4.74 Å². The van der Waals surface area contributed by atoms with Gasteiger partial charge in [-0.15, -0.1) is 0 Å². The average molecular weight is 211 g/mol. The minimum Gasteiger partial charge on any atom is -0.468 e. The molecular formula is C11H11ClO2. The van der Waals surface area contributed by atoms with E-state index in [0.717, 1.165) is 18.4 Å². The van der Waals surface area contributed by atoms with E-state index in [4.69, 9.17) is 16.3 Å². The van der Waals surface area contributed by atoms with Gasteiger partial charge in [-0.05, 0) is 30.5 Å². The Labute approximate surface area is 87.8 Å². The maximum atomic E-state index is 11.5. The zero-order chi connectivity index (χ0) is 10.2. The van der Waals surface area contributed by atoms with Crippen LogP contribution in [0.15, 0.2) is 24.3 Å². The minimum absolute atomic E-state index is 0.153. The summed E-state index contributed by atoms with van der Waals surface area (Å²) in [7, 11) is 1.42. The van der Waals surface area contributed by atoms with Gasteiger partial charge >= 0.3 is 5.97 Å². The van der Waals surface area contributed by atoms with Gasteiger partial charge in [-0.1, -0.05) is 23.7 Å². The van der Waals surface area contributed by atoms with E-state index < -0.39 is 5.41 Å². The predicted molar refractivity (Wildman–Crippen MR) is 54.4 cm³/mol. The number of methoxy groups -OCH3 is 1. The van der Waals surface area contributed by atoms with Crippen molar-refractivity contribution in [3.8, 4) is 0 Å². The zero-order valence-corrected chi connectivity index (χ0v) is 8.67. The van der Waals surface area contributed by atoms with Crippen LogP contribution in [0.4, 0.5) is 0 Å². The standard InChI is InChI=1S/C11H11ClO2/c1-14-10(13)11(5-6-11)8-3-2-4-9(12)7-8/h2-4,7H,5-6H2,1H3. The van der Waals surface area contributed by atoms with Gasteiger partial charge in [0.25, 0.3) is 0 Å². The SMILES string of the molecule is COC(=O)C1(c2cccc(Cl)c2)CC1. The molecule has 1 aliphatic rings. The first-order valence-electron chi connectivity index (χ1n) is 4.53. The first kappa shape index (κ1) is 9.53. The van der Waals surface area contributed by atoms with Crippen molar-refractivity contribution in [2.45, 2.75) is 18.3 Å². The first-order valence-corrected chi connectivity index (χ1v) is 4.91. The molecule has 0 heterocycles. The largest absolute Gasteiger partial charge is 0.468 e. The van der Waals surface area contributed by atoms with Crippen molar-refractivity contribution in [2.24, 2.45) is 0 Å². The maximum Gasteiger partial charge on any atom is 0.316 e. The number of halogens is 1. The van der Waals surface area contributed by atoms with Crippen molar-refractivity contribution >= 4 is 17.6 Å². The summed E-state index contributed by atoms with van der Waals surface area (Å²) in [5, 5.41) is 0.665. The second-order valence-corrected chi connectivity index (χ2v) is 4.02. The van der Waals surface area contributed by atoms with Crippen LogP contribution in [0.1, 0.15) is 18.4 Å². The lowest BCUT2D eigenvalue weighted by Gasteiger charge is -2.12. The predicted octanol–water partition coefficient (Wildman–Crippen LogP) is 2.54. The van der Waals surface area contributed by atoms with Crippen LogP contribution in [0.3, 0.4) is 0 Å². The fraction of sp³-hybridized carbons (Fsp3) is 0.364. The molecule has 1 aromatic carbocycles. The Morgan fingerprint density at radius 1 is 1.50 bits per heavy atom. The first-order chi connectivity index (χ1) is 6.69. The van der Waals surface area contributed by atoms with E-state index in [1.807, 2.05) is 18.2 Å². The van der Waals surface area contributed by atoms with Crippen molar-refractivity contribution in [3.05, 3.63) is 34.9 Å². The minimum atomic E-state index is -0.403. The third-order valence-electron chi connectivity index (χ3n) is 2.70. The van der Waals surface area contributed by atoms with E-state index in [1.165, 1.54) is 7.11 Å². The normalized spacial score (nSPS) is 17.6.